The summed E-state index contributed by atoms with van der Waals surface area (Å²) in [5, 5.41) is 6.56. The summed E-state index contributed by atoms with van der Waals surface area (Å²) in [6, 6.07) is 3.02. The van der Waals surface area contributed by atoms with Crippen molar-refractivity contribution in [1.82, 2.24) is 19.7 Å². The van der Waals surface area contributed by atoms with Gasteiger partial charge < -0.3 is 5.73 Å². The maximum atomic E-state index is 11.8. The summed E-state index contributed by atoms with van der Waals surface area (Å²) in [5.41, 5.74) is 5.54. The number of carbonyl (C=O) groups is 1. The van der Waals surface area contributed by atoms with Crippen molar-refractivity contribution in [3.8, 4) is 0 Å². The van der Waals surface area contributed by atoms with E-state index in [2.05, 4.69) is 20.4 Å². The first kappa shape index (κ1) is 11.3. The van der Waals surface area contributed by atoms with Crippen LogP contribution < -0.4 is 11.1 Å². The highest BCUT2D eigenvalue weighted by molar-refractivity contribution is 6.34. The normalized spacial score (nSPS) is 10.2. The van der Waals surface area contributed by atoms with Crippen molar-refractivity contribution >= 4 is 29.3 Å². The first-order valence-electron chi connectivity index (χ1n) is 4.65. The van der Waals surface area contributed by atoms with Crippen molar-refractivity contribution in [1.29, 1.82) is 0 Å². The van der Waals surface area contributed by atoms with Crippen molar-refractivity contribution in [2.45, 2.75) is 0 Å². The zero-order valence-electron chi connectivity index (χ0n) is 8.88. The molecule has 2 rings (SSSR count). The second kappa shape index (κ2) is 4.38. The molecule has 0 spiro atoms. The Balaban J connectivity index is 2.26. The number of carbonyl (C=O) groups excluding carboxylic acids is 1. The first-order chi connectivity index (χ1) is 8.08. The number of pyridine rings is 1. The maximum absolute atomic E-state index is 11.8. The Hall–Kier alpha value is -2.15. The molecule has 0 fully saturated rings. The van der Waals surface area contributed by atoms with E-state index in [0.717, 1.165) is 0 Å². The summed E-state index contributed by atoms with van der Waals surface area (Å²) in [5.74, 6) is 0.0335. The SMILES string of the molecule is Cn1ncnc1NC(=O)c1nc(N)ccc1Cl. The van der Waals surface area contributed by atoms with Gasteiger partial charge in [-0.05, 0) is 12.1 Å². The predicted molar refractivity (Wildman–Crippen MR) is 62.6 cm³/mol. The number of aromatic nitrogens is 4. The maximum Gasteiger partial charge on any atom is 0.278 e. The molecule has 0 unspecified atom stereocenters. The third-order valence-corrected chi connectivity index (χ3v) is 2.32. The average Bonchev–Trinajstić information content (AvgIpc) is 2.68. The van der Waals surface area contributed by atoms with Crippen LogP contribution in [0, 0.1) is 0 Å². The zero-order valence-corrected chi connectivity index (χ0v) is 9.64. The van der Waals surface area contributed by atoms with E-state index < -0.39 is 5.91 Å². The molecule has 17 heavy (non-hydrogen) atoms. The number of rotatable bonds is 2. The molecular weight excluding hydrogens is 244 g/mol. The third kappa shape index (κ3) is 2.34. The first-order valence-corrected chi connectivity index (χ1v) is 5.03. The number of nitrogens with one attached hydrogen (secondary N) is 1. The minimum Gasteiger partial charge on any atom is -0.384 e. The molecule has 3 N–H and O–H groups in total. The largest absolute Gasteiger partial charge is 0.384 e. The van der Waals surface area contributed by atoms with Crippen LogP contribution in [0.2, 0.25) is 5.02 Å². The molecule has 0 aromatic carbocycles. The Morgan fingerprint density at radius 2 is 2.29 bits per heavy atom. The van der Waals surface area contributed by atoms with Crippen LogP contribution in [0.5, 0.6) is 0 Å². The minimum absolute atomic E-state index is 0.0506. The van der Waals surface area contributed by atoms with Crippen LogP contribution in [-0.2, 0) is 7.05 Å². The van der Waals surface area contributed by atoms with Crippen LogP contribution in [0.1, 0.15) is 10.5 Å². The Morgan fingerprint density at radius 1 is 1.53 bits per heavy atom. The summed E-state index contributed by atoms with van der Waals surface area (Å²) in [6.07, 6.45) is 1.32. The van der Waals surface area contributed by atoms with Gasteiger partial charge in [0.05, 0.1) is 5.02 Å². The summed E-state index contributed by atoms with van der Waals surface area (Å²) >= 11 is 5.85. The lowest BCUT2D eigenvalue weighted by molar-refractivity contribution is 0.102. The summed E-state index contributed by atoms with van der Waals surface area (Å²) < 4.78 is 1.41. The van der Waals surface area contributed by atoms with Crippen LogP contribution in [0.3, 0.4) is 0 Å². The van der Waals surface area contributed by atoms with E-state index in [1.54, 1.807) is 7.05 Å². The van der Waals surface area contributed by atoms with Gasteiger partial charge in [-0.2, -0.15) is 10.1 Å². The number of halogens is 1. The predicted octanol–water partition coefficient (Wildman–Crippen LogP) is 0.698. The van der Waals surface area contributed by atoms with Crippen LogP contribution in [0.4, 0.5) is 11.8 Å². The van der Waals surface area contributed by atoms with Crippen molar-refractivity contribution in [2.24, 2.45) is 7.05 Å². The molecule has 0 saturated carbocycles. The molecule has 0 bridgehead atoms. The van der Waals surface area contributed by atoms with Crippen LogP contribution >= 0.6 is 11.6 Å². The smallest absolute Gasteiger partial charge is 0.278 e. The second-order valence-electron chi connectivity index (χ2n) is 3.23. The molecule has 8 heteroatoms. The third-order valence-electron chi connectivity index (χ3n) is 2.02. The van der Waals surface area contributed by atoms with E-state index in [9.17, 15) is 4.79 Å². The van der Waals surface area contributed by atoms with Crippen molar-refractivity contribution in [3.63, 3.8) is 0 Å². The van der Waals surface area contributed by atoms with Gasteiger partial charge in [-0.25, -0.2) is 9.67 Å². The van der Waals surface area contributed by atoms with E-state index >= 15 is 0 Å². The van der Waals surface area contributed by atoms with E-state index in [4.69, 9.17) is 17.3 Å². The molecule has 2 heterocycles. The van der Waals surface area contributed by atoms with Crippen molar-refractivity contribution in [2.75, 3.05) is 11.1 Å². The van der Waals surface area contributed by atoms with Crippen molar-refractivity contribution < 1.29 is 4.79 Å². The van der Waals surface area contributed by atoms with E-state index in [1.165, 1.54) is 23.1 Å². The molecule has 0 atom stereocenters. The van der Waals surface area contributed by atoms with Gasteiger partial charge in [0.15, 0.2) is 0 Å². The highest BCUT2D eigenvalue weighted by atomic mass is 35.5. The van der Waals surface area contributed by atoms with Crippen LogP contribution in [0.15, 0.2) is 18.5 Å². The summed E-state index contributed by atoms with van der Waals surface area (Å²) in [7, 11) is 1.65. The molecule has 0 aliphatic heterocycles. The highest BCUT2D eigenvalue weighted by Gasteiger charge is 2.14. The van der Waals surface area contributed by atoms with E-state index in [-0.39, 0.29) is 16.5 Å². The molecular formula is C9H9ClN6O. The zero-order chi connectivity index (χ0) is 12.4. The number of hydrogen-bond donors (Lipinski definition) is 2. The summed E-state index contributed by atoms with van der Waals surface area (Å²) in [6.45, 7) is 0. The average molecular weight is 253 g/mol. The number of nitrogens with zero attached hydrogens (tertiary/aromatic N) is 4. The number of nitrogen functional groups attached to an aromatic ring is 1. The fourth-order valence-corrected chi connectivity index (χ4v) is 1.38. The van der Waals surface area contributed by atoms with Gasteiger partial charge in [-0.1, -0.05) is 11.6 Å². The van der Waals surface area contributed by atoms with Gasteiger partial charge in [0.1, 0.15) is 17.8 Å². The van der Waals surface area contributed by atoms with Gasteiger partial charge in [0.2, 0.25) is 5.95 Å². The number of anilines is 2. The number of amides is 1. The Morgan fingerprint density at radius 3 is 2.94 bits per heavy atom. The summed E-state index contributed by atoms with van der Waals surface area (Å²) in [4.78, 5) is 19.6. The van der Waals surface area contributed by atoms with Gasteiger partial charge in [-0.15, -0.1) is 0 Å². The Bertz CT molecular complexity index is 566. The molecule has 0 aliphatic carbocycles. The molecule has 0 radical (unpaired) electrons. The molecule has 7 nitrogen and oxygen atoms in total. The van der Waals surface area contributed by atoms with E-state index in [0.29, 0.717) is 5.95 Å². The minimum atomic E-state index is -0.488. The van der Waals surface area contributed by atoms with Gasteiger partial charge in [-0.3, -0.25) is 10.1 Å². The molecule has 0 aliphatic rings. The lowest BCUT2D eigenvalue weighted by atomic mass is 10.3. The molecule has 1 amide bonds. The highest BCUT2D eigenvalue weighted by Crippen LogP contribution is 2.16. The number of aryl methyl sites for hydroxylation is 1. The Kier molecular flexibility index (Phi) is 2.92. The fraction of sp³-hybridized carbons (Fsp3) is 0.111. The van der Waals surface area contributed by atoms with E-state index in [1.807, 2.05) is 0 Å². The van der Waals surface area contributed by atoms with Gasteiger partial charge >= 0.3 is 0 Å². The van der Waals surface area contributed by atoms with Gasteiger partial charge in [0, 0.05) is 7.05 Å². The molecule has 2 aromatic rings. The standard InChI is InChI=1S/C9H9ClN6O/c1-16-9(12-4-13-16)15-8(17)7-5(10)2-3-6(11)14-7/h2-4H,1H3,(H2,11,14)(H,12,13,15,17). The quantitative estimate of drug-likeness (QED) is 0.820. The number of hydrogen-bond acceptors (Lipinski definition) is 5. The second-order valence-corrected chi connectivity index (χ2v) is 3.64. The molecule has 88 valence electrons. The van der Waals surface area contributed by atoms with Gasteiger partial charge in [0.25, 0.3) is 5.91 Å². The molecule has 0 saturated heterocycles. The monoisotopic (exact) mass is 252 g/mol. The fourth-order valence-electron chi connectivity index (χ4n) is 1.19. The topological polar surface area (TPSA) is 98.7 Å². The Labute approximate surface area is 102 Å². The number of nitrogens with two attached hydrogens (primary N) is 1. The lowest BCUT2D eigenvalue weighted by Crippen LogP contribution is -2.17. The van der Waals surface area contributed by atoms with Crippen molar-refractivity contribution in [3.05, 3.63) is 29.2 Å². The van der Waals surface area contributed by atoms with Crippen LogP contribution in [-0.4, -0.2) is 25.7 Å². The lowest BCUT2D eigenvalue weighted by Gasteiger charge is -2.05. The molecule has 2 aromatic heterocycles. The van der Waals surface area contributed by atoms with Crippen LogP contribution in [0.25, 0.3) is 0 Å².